The maximum Gasteiger partial charge on any atom is 0.161 e. The lowest BCUT2D eigenvalue weighted by Gasteiger charge is -2.15. The Morgan fingerprint density at radius 1 is 0.407 bits per heavy atom. The van der Waals surface area contributed by atoms with E-state index in [0.717, 1.165) is 66.1 Å². The Kier molecular flexibility index (Phi) is 6.02. The van der Waals surface area contributed by atoms with Crippen LogP contribution in [0.2, 0.25) is 0 Å². The van der Waals surface area contributed by atoms with Crippen LogP contribution in [-0.4, -0.2) is 14.5 Å². The van der Waals surface area contributed by atoms with Crippen LogP contribution >= 0.6 is 0 Å². The van der Waals surface area contributed by atoms with E-state index >= 15 is 0 Å². The first kappa shape index (κ1) is 29.3. The summed E-state index contributed by atoms with van der Waals surface area (Å²) in [6, 6.07) is 62.6. The molecule has 0 unspecified atom stereocenters. The highest BCUT2D eigenvalue weighted by atomic mass is 16.3. The monoisotopic (exact) mass is 687 g/mol. The van der Waals surface area contributed by atoms with Crippen LogP contribution in [-0.2, 0) is 0 Å². The average molecular weight is 688 g/mol. The third-order valence-electron chi connectivity index (χ3n) is 11.2. The van der Waals surface area contributed by atoms with Crippen molar-refractivity contribution in [2.75, 3.05) is 0 Å². The molecule has 12 rings (SSSR count). The van der Waals surface area contributed by atoms with Gasteiger partial charge >= 0.3 is 0 Å². The topological polar surface area (TPSA) is 43.9 Å². The van der Waals surface area contributed by atoms with Gasteiger partial charge in [-0.1, -0.05) is 121 Å². The second kappa shape index (κ2) is 11.1. The number of hydrogen-bond acceptors (Lipinski definition) is 3. The Balaban J connectivity index is 1.12. The molecular formula is C50H29N3O. The van der Waals surface area contributed by atoms with Gasteiger partial charge in [-0.2, -0.15) is 0 Å². The summed E-state index contributed by atoms with van der Waals surface area (Å²) in [7, 11) is 0. The number of para-hydroxylation sites is 2. The highest BCUT2D eigenvalue weighted by Crippen LogP contribution is 2.43. The van der Waals surface area contributed by atoms with Crippen LogP contribution in [0.4, 0.5) is 0 Å². The minimum atomic E-state index is 0.697. The van der Waals surface area contributed by atoms with Gasteiger partial charge in [-0.25, -0.2) is 9.97 Å². The molecule has 0 radical (unpaired) electrons. The number of hydrogen-bond donors (Lipinski definition) is 0. The first-order valence-electron chi connectivity index (χ1n) is 18.3. The third kappa shape index (κ3) is 4.13. The maximum absolute atomic E-state index is 6.17. The molecule has 3 heterocycles. The summed E-state index contributed by atoms with van der Waals surface area (Å²) in [6.45, 7) is 0. The second-order valence-electron chi connectivity index (χ2n) is 14.1. The molecule has 4 nitrogen and oxygen atoms in total. The van der Waals surface area contributed by atoms with Gasteiger partial charge in [0.25, 0.3) is 0 Å². The number of rotatable bonds is 3. The molecule has 0 aliphatic rings. The summed E-state index contributed by atoms with van der Waals surface area (Å²) >= 11 is 0. The predicted molar refractivity (Wildman–Crippen MR) is 225 cm³/mol. The molecule has 0 spiro atoms. The van der Waals surface area contributed by atoms with Gasteiger partial charge in [0.15, 0.2) is 5.82 Å². The van der Waals surface area contributed by atoms with Crippen LogP contribution < -0.4 is 0 Å². The lowest BCUT2D eigenvalue weighted by Crippen LogP contribution is -1.99. The standard InChI is InChI=1S/C50H29N3O/c1-3-13-33-30(11-1)21-25-43-47(33)48-34-14-4-2-12-31(34)22-26-44(48)53(43)42-27-24-38(35-15-5-6-16-36(35)42)50-51-41-19-9-7-18-39(41)49(52-50)32-23-28-46-40(29-32)37-17-8-10-20-45(37)54-46/h1-29H. The van der Waals surface area contributed by atoms with E-state index in [2.05, 4.69) is 162 Å². The number of fused-ring (bicyclic) bond motifs is 12. The van der Waals surface area contributed by atoms with Gasteiger partial charge in [-0.05, 0) is 81.5 Å². The van der Waals surface area contributed by atoms with Crippen molar-refractivity contribution >= 4 is 87.0 Å². The molecule has 250 valence electrons. The Morgan fingerprint density at radius 3 is 1.74 bits per heavy atom. The van der Waals surface area contributed by atoms with E-state index in [-0.39, 0.29) is 0 Å². The highest BCUT2D eigenvalue weighted by Gasteiger charge is 2.21. The van der Waals surface area contributed by atoms with Gasteiger partial charge < -0.3 is 8.98 Å². The van der Waals surface area contributed by atoms with E-state index in [0.29, 0.717) is 5.82 Å². The zero-order chi connectivity index (χ0) is 35.3. The van der Waals surface area contributed by atoms with Crippen LogP contribution in [0, 0.1) is 0 Å². The Morgan fingerprint density at radius 2 is 1.00 bits per heavy atom. The lowest BCUT2D eigenvalue weighted by molar-refractivity contribution is 0.669. The average Bonchev–Trinajstić information content (AvgIpc) is 3.79. The summed E-state index contributed by atoms with van der Waals surface area (Å²) in [5.41, 5.74) is 9.07. The minimum Gasteiger partial charge on any atom is -0.456 e. The normalized spacial score (nSPS) is 12.1. The third-order valence-corrected chi connectivity index (χ3v) is 11.2. The molecule has 0 aliphatic carbocycles. The van der Waals surface area contributed by atoms with E-state index in [4.69, 9.17) is 14.4 Å². The number of nitrogens with zero attached hydrogens (tertiary/aromatic N) is 3. The molecule has 0 saturated heterocycles. The molecule has 12 aromatic rings. The van der Waals surface area contributed by atoms with Crippen LogP contribution in [0.5, 0.6) is 0 Å². The van der Waals surface area contributed by atoms with Crippen molar-refractivity contribution in [3.8, 4) is 28.3 Å². The molecule has 4 heteroatoms. The molecule has 0 atom stereocenters. The van der Waals surface area contributed by atoms with Crippen LogP contribution in [0.15, 0.2) is 180 Å². The van der Waals surface area contributed by atoms with Crippen molar-refractivity contribution in [2.45, 2.75) is 0 Å². The van der Waals surface area contributed by atoms with Crippen molar-refractivity contribution in [3.05, 3.63) is 176 Å². The minimum absolute atomic E-state index is 0.697. The van der Waals surface area contributed by atoms with Crippen molar-refractivity contribution in [2.24, 2.45) is 0 Å². The van der Waals surface area contributed by atoms with E-state index in [9.17, 15) is 0 Å². The molecule has 54 heavy (non-hydrogen) atoms. The van der Waals surface area contributed by atoms with Crippen molar-refractivity contribution in [1.82, 2.24) is 14.5 Å². The van der Waals surface area contributed by atoms with Gasteiger partial charge in [0.2, 0.25) is 0 Å². The summed E-state index contributed by atoms with van der Waals surface area (Å²) in [4.78, 5) is 10.6. The van der Waals surface area contributed by atoms with Crippen molar-refractivity contribution in [3.63, 3.8) is 0 Å². The van der Waals surface area contributed by atoms with E-state index in [1.807, 2.05) is 18.2 Å². The van der Waals surface area contributed by atoms with Crippen LogP contribution in [0.25, 0.3) is 115 Å². The Labute approximate surface area is 309 Å². The molecule has 3 aromatic heterocycles. The van der Waals surface area contributed by atoms with Crippen LogP contribution in [0.3, 0.4) is 0 Å². The SMILES string of the molecule is c1ccc2c(c1)ccc1c2c2c3ccccc3ccc2n1-c1ccc(-c2nc(-c3ccc4oc5ccccc5c4c3)c3ccccc3n2)c2ccccc12. The Bertz CT molecular complexity index is 3420. The van der Waals surface area contributed by atoms with Gasteiger partial charge in [0, 0.05) is 43.4 Å². The van der Waals surface area contributed by atoms with Gasteiger partial charge in [-0.3, -0.25) is 0 Å². The van der Waals surface area contributed by atoms with Crippen molar-refractivity contribution < 1.29 is 4.42 Å². The number of furan rings is 1. The van der Waals surface area contributed by atoms with Gasteiger partial charge in [0.05, 0.1) is 27.9 Å². The first-order valence-corrected chi connectivity index (χ1v) is 18.3. The van der Waals surface area contributed by atoms with Gasteiger partial charge in [-0.15, -0.1) is 0 Å². The van der Waals surface area contributed by atoms with Crippen molar-refractivity contribution in [1.29, 1.82) is 0 Å². The highest BCUT2D eigenvalue weighted by molar-refractivity contribution is 6.29. The first-order chi connectivity index (χ1) is 26.8. The smallest absolute Gasteiger partial charge is 0.161 e. The molecule has 0 bridgehead atoms. The number of benzene rings is 9. The summed E-state index contributed by atoms with van der Waals surface area (Å²) in [5, 5.41) is 13.0. The van der Waals surface area contributed by atoms with E-state index in [1.54, 1.807) is 0 Å². The summed E-state index contributed by atoms with van der Waals surface area (Å²) < 4.78 is 8.63. The number of aromatic nitrogens is 3. The fraction of sp³-hybridized carbons (Fsp3) is 0. The molecular weight excluding hydrogens is 659 g/mol. The molecule has 0 amide bonds. The van der Waals surface area contributed by atoms with E-state index < -0.39 is 0 Å². The predicted octanol–water partition coefficient (Wildman–Crippen LogP) is 13.4. The molecule has 0 fully saturated rings. The molecule has 9 aromatic carbocycles. The summed E-state index contributed by atoms with van der Waals surface area (Å²) in [6.07, 6.45) is 0. The largest absolute Gasteiger partial charge is 0.456 e. The Hall–Kier alpha value is -7.30. The van der Waals surface area contributed by atoms with Gasteiger partial charge in [0.1, 0.15) is 11.2 Å². The molecule has 0 N–H and O–H groups in total. The maximum atomic E-state index is 6.17. The fourth-order valence-corrected chi connectivity index (χ4v) is 8.77. The summed E-state index contributed by atoms with van der Waals surface area (Å²) in [5.74, 6) is 0.697. The lowest BCUT2D eigenvalue weighted by atomic mass is 10.00. The quantitative estimate of drug-likeness (QED) is 0.186. The molecule has 0 aliphatic heterocycles. The fourth-order valence-electron chi connectivity index (χ4n) is 8.77. The zero-order valence-electron chi connectivity index (χ0n) is 29.0. The second-order valence-corrected chi connectivity index (χ2v) is 14.1. The molecule has 0 saturated carbocycles. The zero-order valence-corrected chi connectivity index (χ0v) is 29.0. The van der Waals surface area contributed by atoms with E-state index in [1.165, 1.54) is 43.4 Å². The van der Waals surface area contributed by atoms with Crippen LogP contribution in [0.1, 0.15) is 0 Å².